The van der Waals surface area contributed by atoms with Crippen molar-refractivity contribution in [3.8, 4) is 0 Å². The van der Waals surface area contributed by atoms with Crippen molar-refractivity contribution in [1.82, 2.24) is 0 Å². The number of aliphatic hydroxyl groups is 1. The first-order valence-corrected chi connectivity index (χ1v) is 9.24. The van der Waals surface area contributed by atoms with Gasteiger partial charge < -0.3 is 5.11 Å². The SMILES string of the molecule is C[C@]12CCC(=O)C=C1CCC1C2CC[C@@]2(C)C1CC[C@@]2(C)O. The summed E-state index contributed by atoms with van der Waals surface area (Å²) in [5, 5.41) is 10.9. The molecule has 0 saturated heterocycles. The number of fused-ring (bicyclic) bond motifs is 5. The fourth-order valence-corrected chi connectivity index (χ4v) is 6.80. The van der Waals surface area contributed by atoms with Crippen molar-refractivity contribution >= 4 is 5.78 Å². The van der Waals surface area contributed by atoms with E-state index in [1.54, 1.807) is 0 Å². The second kappa shape index (κ2) is 4.47. The van der Waals surface area contributed by atoms with Crippen LogP contribution in [0.3, 0.4) is 0 Å². The van der Waals surface area contributed by atoms with Crippen LogP contribution in [-0.4, -0.2) is 16.5 Å². The van der Waals surface area contributed by atoms with Crippen LogP contribution in [0.15, 0.2) is 11.6 Å². The molecule has 4 aliphatic carbocycles. The van der Waals surface area contributed by atoms with Gasteiger partial charge in [0, 0.05) is 6.42 Å². The van der Waals surface area contributed by atoms with Crippen molar-refractivity contribution in [2.75, 3.05) is 0 Å². The molecule has 0 radical (unpaired) electrons. The minimum absolute atomic E-state index is 0.107. The van der Waals surface area contributed by atoms with Gasteiger partial charge in [-0.15, -0.1) is 0 Å². The minimum Gasteiger partial charge on any atom is -0.390 e. The smallest absolute Gasteiger partial charge is 0.155 e. The lowest BCUT2D eigenvalue weighted by molar-refractivity contribution is -0.124. The van der Waals surface area contributed by atoms with E-state index in [2.05, 4.69) is 20.8 Å². The maximum absolute atomic E-state index is 11.8. The van der Waals surface area contributed by atoms with Crippen molar-refractivity contribution in [3.05, 3.63) is 11.6 Å². The molecule has 0 aromatic rings. The van der Waals surface area contributed by atoms with E-state index in [4.69, 9.17) is 0 Å². The van der Waals surface area contributed by atoms with E-state index in [0.29, 0.717) is 11.7 Å². The quantitative estimate of drug-likeness (QED) is 0.725. The van der Waals surface area contributed by atoms with E-state index >= 15 is 0 Å². The van der Waals surface area contributed by atoms with E-state index < -0.39 is 5.60 Å². The molecule has 0 bridgehead atoms. The number of ketones is 1. The Bertz CT molecular complexity index is 546. The first kappa shape index (κ1) is 14.9. The predicted molar refractivity (Wildman–Crippen MR) is 87.3 cm³/mol. The summed E-state index contributed by atoms with van der Waals surface area (Å²) in [6.07, 6.45) is 10.7. The number of carbonyl (C=O) groups is 1. The lowest BCUT2D eigenvalue weighted by Crippen LogP contribution is -2.53. The van der Waals surface area contributed by atoms with Crippen LogP contribution in [0.1, 0.15) is 72.1 Å². The molecule has 0 aromatic carbocycles. The molecular formula is C20H30O2. The Hall–Kier alpha value is -0.630. The monoisotopic (exact) mass is 302 g/mol. The Morgan fingerprint density at radius 1 is 1.00 bits per heavy atom. The highest BCUT2D eigenvalue weighted by atomic mass is 16.3. The van der Waals surface area contributed by atoms with E-state index in [9.17, 15) is 9.90 Å². The van der Waals surface area contributed by atoms with Gasteiger partial charge in [-0.1, -0.05) is 19.4 Å². The predicted octanol–water partition coefficient (Wildman–Crippen LogP) is 4.27. The molecule has 0 amide bonds. The van der Waals surface area contributed by atoms with Crippen LogP contribution in [0.4, 0.5) is 0 Å². The lowest BCUT2D eigenvalue weighted by atomic mass is 9.46. The third kappa shape index (κ3) is 1.74. The molecule has 4 aliphatic rings. The van der Waals surface area contributed by atoms with Gasteiger partial charge in [0.2, 0.25) is 0 Å². The Morgan fingerprint density at radius 3 is 2.50 bits per heavy atom. The highest BCUT2D eigenvalue weighted by Crippen LogP contribution is 2.67. The lowest BCUT2D eigenvalue weighted by Gasteiger charge is -2.58. The van der Waals surface area contributed by atoms with Gasteiger partial charge in [0.25, 0.3) is 0 Å². The van der Waals surface area contributed by atoms with Gasteiger partial charge in [0.05, 0.1) is 5.60 Å². The summed E-state index contributed by atoms with van der Waals surface area (Å²) in [6, 6.07) is 0. The van der Waals surface area contributed by atoms with Crippen LogP contribution in [0.2, 0.25) is 0 Å². The Kier molecular flexibility index (Phi) is 3.03. The van der Waals surface area contributed by atoms with Gasteiger partial charge in [-0.05, 0) is 86.5 Å². The molecule has 22 heavy (non-hydrogen) atoms. The van der Waals surface area contributed by atoms with Crippen LogP contribution < -0.4 is 0 Å². The van der Waals surface area contributed by atoms with Gasteiger partial charge in [0.15, 0.2) is 5.78 Å². The van der Waals surface area contributed by atoms with E-state index in [0.717, 1.165) is 43.9 Å². The average molecular weight is 302 g/mol. The molecule has 2 nitrogen and oxygen atoms in total. The molecular weight excluding hydrogens is 272 g/mol. The third-order valence-electron chi connectivity index (χ3n) is 8.52. The van der Waals surface area contributed by atoms with E-state index in [-0.39, 0.29) is 10.8 Å². The fraction of sp³-hybridized carbons (Fsp3) is 0.850. The molecule has 6 atom stereocenters. The molecule has 0 spiro atoms. The highest BCUT2D eigenvalue weighted by Gasteiger charge is 2.62. The van der Waals surface area contributed by atoms with Gasteiger partial charge in [-0.2, -0.15) is 0 Å². The number of hydrogen-bond donors (Lipinski definition) is 1. The summed E-state index contributed by atoms with van der Waals surface area (Å²) in [6.45, 7) is 6.85. The molecule has 2 heteroatoms. The van der Waals surface area contributed by atoms with Crippen LogP contribution in [-0.2, 0) is 4.79 Å². The first-order valence-electron chi connectivity index (χ1n) is 9.24. The average Bonchev–Trinajstić information content (AvgIpc) is 2.70. The molecule has 3 saturated carbocycles. The van der Waals surface area contributed by atoms with E-state index in [1.807, 2.05) is 6.08 Å². The van der Waals surface area contributed by atoms with Gasteiger partial charge >= 0.3 is 0 Å². The summed E-state index contributed by atoms with van der Waals surface area (Å²) in [5.41, 5.74) is 1.32. The Balaban J connectivity index is 1.70. The number of allylic oxidation sites excluding steroid dienone is 1. The van der Waals surface area contributed by atoms with Crippen molar-refractivity contribution in [3.63, 3.8) is 0 Å². The van der Waals surface area contributed by atoms with Crippen LogP contribution in [0, 0.1) is 28.6 Å². The molecule has 0 aromatic heterocycles. The second-order valence-electron chi connectivity index (χ2n) is 9.24. The second-order valence-corrected chi connectivity index (χ2v) is 9.24. The topological polar surface area (TPSA) is 37.3 Å². The minimum atomic E-state index is -0.484. The zero-order chi connectivity index (χ0) is 15.8. The molecule has 3 fully saturated rings. The van der Waals surface area contributed by atoms with Crippen LogP contribution in [0.5, 0.6) is 0 Å². The third-order valence-corrected chi connectivity index (χ3v) is 8.52. The number of hydrogen-bond acceptors (Lipinski definition) is 2. The largest absolute Gasteiger partial charge is 0.390 e. The molecule has 122 valence electrons. The Labute approximate surface area is 134 Å². The van der Waals surface area contributed by atoms with Gasteiger partial charge in [-0.3, -0.25) is 4.79 Å². The molecule has 0 aliphatic heterocycles. The fourth-order valence-electron chi connectivity index (χ4n) is 6.80. The van der Waals surface area contributed by atoms with Crippen molar-refractivity contribution < 1.29 is 9.90 Å². The normalized spacial score (nSPS) is 54.3. The first-order chi connectivity index (χ1) is 10.3. The van der Waals surface area contributed by atoms with Gasteiger partial charge in [-0.25, -0.2) is 0 Å². The Morgan fingerprint density at radius 2 is 1.73 bits per heavy atom. The maximum Gasteiger partial charge on any atom is 0.155 e. The van der Waals surface area contributed by atoms with Crippen molar-refractivity contribution in [2.24, 2.45) is 28.6 Å². The summed E-state index contributed by atoms with van der Waals surface area (Å²) in [4.78, 5) is 11.8. The maximum atomic E-state index is 11.8. The van der Waals surface area contributed by atoms with E-state index in [1.165, 1.54) is 24.8 Å². The van der Waals surface area contributed by atoms with Crippen molar-refractivity contribution in [1.29, 1.82) is 0 Å². The number of carbonyl (C=O) groups excluding carboxylic acids is 1. The number of rotatable bonds is 0. The molecule has 3 unspecified atom stereocenters. The summed E-state index contributed by atoms with van der Waals surface area (Å²) < 4.78 is 0. The van der Waals surface area contributed by atoms with Gasteiger partial charge in [0.1, 0.15) is 0 Å². The molecule has 1 N–H and O–H groups in total. The van der Waals surface area contributed by atoms with Crippen molar-refractivity contribution in [2.45, 2.75) is 77.7 Å². The standard InChI is InChI=1S/C20H30O2/c1-18-9-6-14(21)12-13(18)4-5-15-16(18)7-10-19(2)17(15)8-11-20(19,3)22/h12,15-17,22H,4-11H2,1-3H3/t15?,16?,17?,18-,19-,20+/m0/s1. The van der Waals surface area contributed by atoms with Crippen LogP contribution in [0.25, 0.3) is 0 Å². The van der Waals surface area contributed by atoms with Crippen LogP contribution >= 0.6 is 0 Å². The highest BCUT2D eigenvalue weighted by molar-refractivity contribution is 5.91. The summed E-state index contributed by atoms with van der Waals surface area (Å²) >= 11 is 0. The summed E-state index contributed by atoms with van der Waals surface area (Å²) in [7, 11) is 0. The molecule has 4 rings (SSSR count). The zero-order valence-corrected chi connectivity index (χ0v) is 14.3. The zero-order valence-electron chi connectivity index (χ0n) is 14.3. The summed E-state index contributed by atoms with van der Waals surface area (Å²) in [5.74, 6) is 2.50. The molecule has 0 heterocycles.